The molecule has 3 nitrogen and oxygen atoms in total. The van der Waals surface area contributed by atoms with E-state index in [1.807, 2.05) is 24.3 Å². The van der Waals surface area contributed by atoms with Crippen LogP contribution in [0.3, 0.4) is 0 Å². The topological polar surface area (TPSA) is 29.5 Å². The van der Waals surface area contributed by atoms with Crippen LogP contribution in [0.5, 0.6) is 0 Å². The van der Waals surface area contributed by atoms with Crippen LogP contribution in [0.4, 0.5) is 4.79 Å². The normalized spacial score (nSPS) is 15.2. The molecule has 0 unspecified atom stereocenters. The zero-order valence-corrected chi connectivity index (χ0v) is 10.2. The molecule has 0 radical (unpaired) electrons. The Morgan fingerprint density at radius 2 is 2.12 bits per heavy atom. The summed E-state index contributed by atoms with van der Waals surface area (Å²) in [5.74, 6) is 0.392. The molecular formula is C13H14ClNO2. The van der Waals surface area contributed by atoms with E-state index in [0.717, 1.165) is 5.02 Å². The molecule has 1 aliphatic rings. The number of hydrogen-bond donors (Lipinski definition) is 0. The highest BCUT2D eigenvalue weighted by Gasteiger charge is 2.32. The van der Waals surface area contributed by atoms with Crippen LogP contribution in [0.15, 0.2) is 36.9 Å². The molecule has 0 aromatic heterocycles. The lowest BCUT2D eigenvalue weighted by Crippen LogP contribution is -2.48. The molecular weight excluding hydrogens is 238 g/mol. The third-order valence-electron chi connectivity index (χ3n) is 2.81. The second-order valence-corrected chi connectivity index (χ2v) is 4.46. The fourth-order valence-electron chi connectivity index (χ4n) is 1.79. The summed E-state index contributed by atoms with van der Waals surface area (Å²) in [4.78, 5) is 13.1. The lowest BCUT2D eigenvalue weighted by molar-refractivity contribution is 0.0792. The van der Waals surface area contributed by atoms with Crippen molar-refractivity contribution in [2.75, 3.05) is 19.7 Å². The van der Waals surface area contributed by atoms with E-state index in [-0.39, 0.29) is 12.7 Å². The third kappa shape index (κ3) is 2.80. The Bertz CT molecular complexity index is 410. The first-order chi connectivity index (χ1) is 8.20. The van der Waals surface area contributed by atoms with E-state index in [4.69, 9.17) is 16.3 Å². The third-order valence-corrected chi connectivity index (χ3v) is 3.06. The Balaban J connectivity index is 1.84. The molecule has 0 bridgehead atoms. The van der Waals surface area contributed by atoms with Crippen LogP contribution in [0, 0.1) is 0 Å². The van der Waals surface area contributed by atoms with Crippen LogP contribution in [0.2, 0.25) is 5.02 Å². The quantitative estimate of drug-likeness (QED) is 0.773. The van der Waals surface area contributed by atoms with Gasteiger partial charge in [0.05, 0.1) is 0 Å². The van der Waals surface area contributed by atoms with E-state index in [0.29, 0.717) is 19.0 Å². The first-order valence-electron chi connectivity index (χ1n) is 5.49. The van der Waals surface area contributed by atoms with Crippen molar-refractivity contribution in [1.82, 2.24) is 4.90 Å². The van der Waals surface area contributed by atoms with E-state index in [1.165, 1.54) is 5.56 Å². The van der Waals surface area contributed by atoms with Crippen molar-refractivity contribution in [3.63, 3.8) is 0 Å². The largest absolute Gasteiger partial charge is 0.445 e. The minimum absolute atomic E-state index is 0.265. The number of amides is 1. The number of ether oxygens (including phenoxy) is 1. The van der Waals surface area contributed by atoms with Gasteiger partial charge in [-0.15, -0.1) is 0 Å². The van der Waals surface area contributed by atoms with Crippen molar-refractivity contribution >= 4 is 17.7 Å². The molecule has 1 fully saturated rings. The molecule has 90 valence electrons. The van der Waals surface area contributed by atoms with Gasteiger partial charge in [-0.25, -0.2) is 4.79 Å². The van der Waals surface area contributed by atoms with Gasteiger partial charge in [-0.05, 0) is 17.7 Å². The van der Waals surface area contributed by atoms with Crippen LogP contribution in [-0.4, -0.2) is 30.7 Å². The predicted octanol–water partition coefficient (Wildman–Crippen LogP) is 3.06. The van der Waals surface area contributed by atoms with Crippen molar-refractivity contribution in [1.29, 1.82) is 0 Å². The van der Waals surface area contributed by atoms with Crippen molar-refractivity contribution < 1.29 is 9.53 Å². The van der Waals surface area contributed by atoms with Gasteiger partial charge < -0.3 is 9.64 Å². The van der Waals surface area contributed by atoms with Gasteiger partial charge in [0.1, 0.15) is 6.61 Å². The van der Waals surface area contributed by atoms with Crippen molar-refractivity contribution in [2.45, 2.75) is 5.92 Å². The number of carbonyl (C=O) groups is 1. The maximum atomic E-state index is 11.5. The summed E-state index contributed by atoms with van der Waals surface area (Å²) >= 11 is 5.82. The number of rotatable bonds is 3. The van der Waals surface area contributed by atoms with Gasteiger partial charge in [0, 0.05) is 24.0 Å². The SMILES string of the molecule is C=CCOC(=O)N1CC(c2ccc(Cl)cc2)C1. The molecule has 1 aliphatic heterocycles. The second-order valence-electron chi connectivity index (χ2n) is 4.02. The van der Waals surface area contributed by atoms with Crippen LogP contribution in [0.25, 0.3) is 0 Å². The zero-order valence-electron chi connectivity index (χ0n) is 9.43. The monoisotopic (exact) mass is 251 g/mol. The van der Waals surface area contributed by atoms with Gasteiger partial charge in [-0.3, -0.25) is 0 Å². The Labute approximate surface area is 106 Å². The summed E-state index contributed by atoms with van der Waals surface area (Å²) < 4.78 is 4.95. The summed E-state index contributed by atoms with van der Waals surface area (Å²) in [6, 6.07) is 7.74. The first kappa shape index (κ1) is 12.0. The highest BCUT2D eigenvalue weighted by atomic mass is 35.5. The van der Waals surface area contributed by atoms with Crippen molar-refractivity contribution in [2.24, 2.45) is 0 Å². The fraction of sp³-hybridized carbons (Fsp3) is 0.308. The highest BCUT2D eigenvalue weighted by molar-refractivity contribution is 6.30. The van der Waals surface area contributed by atoms with Crippen LogP contribution in [0.1, 0.15) is 11.5 Å². The molecule has 0 spiro atoms. The molecule has 1 aromatic rings. The average Bonchev–Trinajstić information content (AvgIpc) is 2.27. The Morgan fingerprint density at radius 3 is 2.71 bits per heavy atom. The number of likely N-dealkylation sites (tertiary alicyclic amines) is 1. The Hall–Kier alpha value is -1.48. The highest BCUT2D eigenvalue weighted by Crippen LogP contribution is 2.28. The Kier molecular flexibility index (Phi) is 3.69. The molecule has 0 N–H and O–H groups in total. The molecule has 0 saturated carbocycles. The first-order valence-corrected chi connectivity index (χ1v) is 5.86. The molecule has 1 heterocycles. The van der Waals surface area contributed by atoms with Crippen LogP contribution in [-0.2, 0) is 4.74 Å². The number of nitrogens with zero attached hydrogens (tertiary/aromatic N) is 1. The Morgan fingerprint density at radius 1 is 1.47 bits per heavy atom. The van der Waals surface area contributed by atoms with Gasteiger partial charge in [0.15, 0.2) is 0 Å². The van der Waals surface area contributed by atoms with Gasteiger partial charge in [0.25, 0.3) is 0 Å². The van der Waals surface area contributed by atoms with Crippen LogP contribution >= 0.6 is 11.6 Å². The number of hydrogen-bond acceptors (Lipinski definition) is 2. The molecule has 1 amide bonds. The summed E-state index contributed by atoms with van der Waals surface area (Å²) in [6.45, 7) is 5.18. The lowest BCUT2D eigenvalue weighted by Gasteiger charge is -2.38. The summed E-state index contributed by atoms with van der Waals surface area (Å²) in [6.07, 6.45) is 1.30. The van der Waals surface area contributed by atoms with Gasteiger partial charge in [-0.2, -0.15) is 0 Å². The van der Waals surface area contributed by atoms with E-state index in [2.05, 4.69) is 6.58 Å². The summed E-state index contributed by atoms with van der Waals surface area (Å²) in [7, 11) is 0. The van der Waals surface area contributed by atoms with Gasteiger partial charge in [-0.1, -0.05) is 36.4 Å². The minimum Gasteiger partial charge on any atom is -0.445 e. The fourth-order valence-corrected chi connectivity index (χ4v) is 1.92. The van der Waals surface area contributed by atoms with E-state index in [1.54, 1.807) is 11.0 Å². The van der Waals surface area contributed by atoms with Crippen molar-refractivity contribution in [3.05, 3.63) is 47.5 Å². The zero-order chi connectivity index (χ0) is 12.3. The van der Waals surface area contributed by atoms with Crippen molar-refractivity contribution in [3.8, 4) is 0 Å². The van der Waals surface area contributed by atoms with Crippen LogP contribution < -0.4 is 0 Å². The molecule has 0 aliphatic carbocycles. The molecule has 4 heteroatoms. The molecule has 1 saturated heterocycles. The van der Waals surface area contributed by atoms with Gasteiger partial charge >= 0.3 is 6.09 Å². The average molecular weight is 252 g/mol. The molecule has 17 heavy (non-hydrogen) atoms. The number of benzene rings is 1. The summed E-state index contributed by atoms with van der Waals surface area (Å²) in [5.41, 5.74) is 1.21. The number of carbonyl (C=O) groups excluding carboxylic acids is 1. The smallest absolute Gasteiger partial charge is 0.410 e. The predicted molar refractivity (Wildman–Crippen MR) is 67.3 cm³/mol. The lowest BCUT2D eigenvalue weighted by atomic mass is 9.92. The molecule has 0 atom stereocenters. The van der Waals surface area contributed by atoms with E-state index >= 15 is 0 Å². The molecule has 2 rings (SSSR count). The maximum Gasteiger partial charge on any atom is 0.410 e. The standard InChI is InChI=1S/C13H14ClNO2/c1-2-7-17-13(16)15-8-11(9-15)10-3-5-12(14)6-4-10/h2-6,11H,1,7-9H2. The van der Waals surface area contributed by atoms with E-state index in [9.17, 15) is 4.79 Å². The maximum absolute atomic E-state index is 11.5. The number of halogens is 1. The second kappa shape index (κ2) is 5.23. The van der Waals surface area contributed by atoms with E-state index < -0.39 is 0 Å². The molecule has 1 aromatic carbocycles. The minimum atomic E-state index is -0.268. The summed E-state index contributed by atoms with van der Waals surface area (Å²) in [5, 5.41) is 0.732. The van der Waals surface area contributed by atoms with Gasteiger partial charge in [0.2, 0.25) is 0 Å².